The van der Waals surface area contributed by atoms with E-state index < -0.39 is 0 Å². The van der Waals surface area contributed by atoms with Crippen LogP contribution in [-0.4, -0.2) is 18.4 Å². The van der Waals surface area contributed by atoms with Gasteiger partial charge in [-0.05, 0) is 31.0 Å². The lowest BCUT2D eigenvalue weighted by Crippen LogP contribution is -2.32. The lowest BCUT2D eigenvalue weighted by Gasteiger charge is -2.18. The maximum absolute atomic E-state index is 12.1. The topological polar surface area (TPSA) is 58.2 Å². The largest absolute Gasteiger partial charge is 0.352 e. The molecule has 0 fully saturated rings. The fourth-order valence-electron chi connectivity index (χ4n) is 2.47. The monoisotopic (exact) mass is 324 g/mol. The number of carbonyl (C=O) groups is 2. The molecule has 2 amide bonds. The van der Waals surface area contributed by atoms with Gasteiger partial charge in [0.05, 0.1) is 6.04 Å². The Morgan fingerprint density at radius 1 is 1.00 bits per heavy atom. The van der Waals surface area contributed by atoms with Crippen molar-refractivity contribution >= 4 is 11.8 Å². The molecule has 0 aliphatic rings. The third-order valence-corrected chi connectivity index (χ3v) is 3.90. The number of carbonyl (C=O) groups excluding carboxylic acids is 2. The number of benzene rings is 2. The lowest BCUT2D eigenvalue weighted by atomic mass is 10.0. The van der Waals surface area contributed by atoms with E-state index in [2.05, 4.69) is 10.6 Å². The van der Waals surface area contributed by atoms with E-state index in [1.165, 1.54) is 5.56 Å². The number of rotatable bonds is 7. The van der Waals surface area contributed by atoms with Crippen LogP contribution in [-0.2, 0) is 4.79 Å². The van der Waals surface area contributed by atoms with Crippen LogP contribution < -0.4 is 10.6 Å². The Kier molecular flexibility index (Phi) is 6.55. The van der Waals surface area contributed by atoms with E-state index in [1.54, 1.807) is 12.1 Å². The molecule has 4 heteroatoms. The second-order valence-corrected chi connectivity index (χ2v) is 5.81. The van der Waals surface area contributed by atoms with E-state index in [9.17, 15) is 9.59 Å². The van der Waals surface area contributed by atoms with Gasteiger partial charge in [0.15, 0.2) is 0 Å². The van der Waals surface area contributed by atoms with Crippen molar-refractivity contribution in [1.29, 1.82) is 0 Å². The maximum atomic E-state index is 12.1. The molecule has 0 saturated heterocycles. The van der Waals surface area contributed by atoms with Gasteiger partial charge in [-0.25, -0.2) is 0 Å². The van der Waals surface area contributed by atoms with E-state index >= 15 is 0 Å². The molecule has 0 saturated carbocycles. The minimum absolute atomic E-state index is 0.00271. The Balaban J connectivity index is 1.79. The molecular weight excluding hydrogens is 300 g/mol. The standard InChI is InChI=1S/C20H24N2O2/c1-3-18(16-11-9-15(2)10-12-16)22-19(23)13-14-21-20(24)17-7-5-4-6-8-17/h4-12,18H,3,13-14H2,1-2H3,(H,21,24)(H,22,23). The first-order valence-corrected chi connectivity index (χ1v) is 8.29. The summed E-state index contributed by atoms with van der Waals surface area (Å²) in [6.45, 7) is 4.41. The molecular formula is C20H24N2O2. The van der Waals surface area contributed by atoms with Crippen molar-refractivity contribution in [2.24, 2.45) is 0 Å². The molecule has 2 aromatic carbocycles. The molecule has 24 heavy (non-hydrogen) atoms. The molecule has 0 aliphatic heterocycles. The van der Waals surface area contributed by atoms with Gasteiger partial charge in [-0.1, -0.05) is 55.0 Å². The Labute approximate surface area is 143 Å². The highest BCUT2D eigenvalue weighted by Gasteiger charge is 2.13. The number of hydrogen-bond donors (Lipinski definition) is 2. The summed E-state index contributed by atoms with van der Waals surface area (Å²) in [4.78, 5) is 24.0. The highest BCUT2D eigenvalue weighted by atomic mass is 16.2. The molecule has 1 unspecified atom stereocenters. The Bertz CT molecular complexity index is 666. The molecule has 0 aromatic heterocycles. The van der Waals surface area contributed by atoms with E-state index in [1.807, 2.05) is 56.3 Å². The molecule has 2 aromatic rings. The molecule has 0 aliphatic carbocycles. The molecule has 0 radical (unpaired) electrons. The van der Waals surface area contributed by atoms with Crippen molar-refractivity contribution in [2.75, 3.05) is 6.54 Å². The summed E-state index contributed by atoms with van der Waals surface area (Å²) < 4.78 is 0. The average Bonchev–Trinajstić information content (AvgIpc) is 2.61. The Hall–Kier alpha value is -2.62. The fraction of sp³-hybridized carbons (Fsp3) is 0.300. The third-order valence-electron chi connectivity index (χ3n) is 3.90. The quantitative estimate of drug-likeness (QED) is 0.820. The zero-order chi connectivity index (χ0) is 17.4. The Morgan fingerprint density at radius 3 is 2.29 bits per heavy atom. The first kappa shape index (κ1) is 17.7. The van der Waals surface area contributed by atoms with Gasteiger partial charge in [-0.15, -0.1) is 0 Å². The van der Waals surface area contributed by atoms with Crippen LogP contribution in [0.5, 0.6) is 0 Å². The summed E-state index contributed by atoms with van der Waals surface area (Å²) in [5.41, 5.74) is 2.90. The van der Waals surface area contributed by atoms with Crippen LogP contribution >= 0.6 is 0 Å². The van der Waals surface area contributed by atoms with Gasteiger partial charge in [-0.2, -0.15) is 0 Å². The molecule has 2 rings (SSSR count). The number of hydrogen-bond acceptors (Lipinski definition) is 2. The summed E-state index contributed by atoms with van der Waals surface area (Å²) in [6, 6.07) is 17.2. The SMILES string of the molecule is CCC(NC(=O)CCNC(=O)c1ccccc1)c1ccc(C)cc1. The lowest BCUT2D eigenvalue weighted by molar-refractivity contribution is -0.121. The van der Waals surface area contributed by atoms with E-state index in [0.717, 1.165) is 12.0 Å². The molecule has 2 N–H and O–H groups in total. The molecule has 1 atom stereocenters. The van der Waals surface area contributed by atoms with E-state index in [-0.39, 0.29) is 24.3 Å². The second-order valence-electron chi connectivity index (χ2n) is 5.81. The molecule has 0 spiro atoms. The van der Waals surface area contributed by atoms with Gasteiger partial charge in [0, 0.05) is 18.5 Å². The summed E-state index contributed by atoms with van der Waals surface area (Å²) in [5, 5.41) is 5.79. The van der Waals surface area contributed by atoms with Crippen molar-refractivity contribution in [2.45, 2.75) is 32.7 Å². The predicted molar refractivity (Wildman–Crippen MR) is 95.7 cm³/mol. The third kappa shape index (κ3) is 5.23. The van der Waals surface area contributed by atoms with Gasteiger partial charge in [0.2, 0.25) is 5.91 Å². The predicted octanol–water partition coefficient (Wildman–Crippen LogP) is 3.38. The maximum Gasteiger partial charge on any atom is 0.251 e. The van der Waals surface area contributed by atoms with Gasteiger partial charge >= 0.3 is 0 Å². The van der Waals surface area contributed by atoms with E-state index in [0.29, 0.717) is 12.1 Å². The van der Waals surface area contributed by atoms with Crippen LogP contribution in [0, 0.1) is 6.92 Å². The Morgan fingerprint density at radius 2 is 1.67 bits per heavy atom. The van der Waals surface area contributed by atoms with Crippen molar-refractivity contribution in [1.82, 2.24) is 10.6 Å². The van der Waals surface area contributed by atoms with Crippen LogP contribution in [0.3, 0.4) is 0 Å². The van der Waals surface area contributed by atoms with Crippen LogP contribution in [0.25, 0.3) is 0 Å². The minimum atomic E-state index is -0.158. The number of amides is 2. The number of aryl methyl sites for hydroxylation is 1. The second kappa shape index (κ2) is 8.87. The average molecular weight is 324 g/mol. The molecule has 126 valence electrons. The highest BCUT2D eigenvalue weighted by Crippen LogP contribution is 2.17. The van der Waals surface area contributed by atoms with Gasteiger partial charge < -0.3 is 10.6 Å². The van der Waals surface area contributed by atoms with Crippen molar-refractivity contribution in [3.8, 4) is 0 Å². The summed E-state index contributed by atoms with van der Waals surface area (Å²) in [5.74, 6) is -0.218. The molecule has 4 nitrogen and oxygen atoms in total. The van der Waals surface area contributed by atoms with Crippen LogP contribution in [0.1, 0.15) is 47.3 Å². The van der Waals surface area contributed by atoms with E-state index in [4.69, 9.17) is 0 Å². The summed E-state index contributed by atoms with van der Waals surface area (Å²) in [6.07, 6.45) is 1.09. The zero-order valence-corrected chi connectivity index (χ0v) is 14.2. The number of nitrogens with one attached hydrogen (secondary N) is 2. The van der Waals surface area contributed by atoms with Gasteiger partial charge in [0.25, 0.3) is 5.91 Å². The van der Waals surface area contributed by atoms with Gasteiger partial charge in [-0.3, -0.25) is 9.59 Å². The summed E-state index contributed by atoms with van der Waals surface area (Å²) >= 11 is 0. The van der Waals surface area contributed by atoms with Gasteiger partial charge in [0.1, 0.15) is 0 Å². The van der Waals surface area contributed by atoms with Crippen LogP contribution in [0.15, 0.2) is 54.6 Å². The van der Waals surface area contributed by atoms with Crippen molar-refractivity contribution in [3.63, 3.8) is 0 Å². The molecule has 0 bridgehead atoms. The first-order chi connectivity index (χ1) is 11.6. The first-order valence-electron chi connectivity index (χ1n) is 8.29. The van der Waals surface area contributed by atoms with Crippen LogP contribution in [0.4, 0.5) is 0 Å². The minimum Gasteiger partial charge on any atom is -0.352 e. The van der Waals surface area contributed by atoms with Crippen molar-refractivity contribution in [3.05, 3.63) is 71.3 Å². The molecule has 0 heterocycles. The smallest absolute Gasteiger partial charge is 0.251 e. The van der Waals surface area contributed by atoms with Crippen molar-refractivity contribution < 1.29 is 9.59 Å². The fourth-order valence-corrected chi connectivity index (χ4v) is 2.47. The summed E-state index contributed by atoms with van der Waals surface area (Å²) in [7, 11) is 0. The normalized spacial score (nSPS) is 11.6. The zero-order valence-electron chi connectivity index (χ0n) is 14.2. The van der Waals surface area contributed by atoms with Crippen LogP contribution in [0.2, 0.25) is 0 Å². The highest BCUT2D eigenvalue weighted by molar-refractivity contribution is 5.94.